The van der Waals surface area contributed by atoms with Crippen LogP contribution in [0.2, 0.25) is 0 Å². The summed E-state index contributed by atoms with van der Waals surface area (Å²) >= 11 is 0. The van der Waals surface area contributed by atoms with Gasteiger partial charge in [0, 0.05) is 37.0 Å². The van der Waals surface area contributed by atoms with Gasteiger partial charge in [-0.3, -0.25) is 9.55 Å². The number of rotatable bonds is 4. The lowest BCUT2D eigenvalue weighted by Gasteiger charge is -2.27. The van der Waals surface area contributed by atoms with Crippen LogP contribution in [0.5, 0.6) is 11.5 Å². The van der Waals surface area contributed by atoms with Gasteiger partial charge in [-0.15, -0.1) is 0 Å². The first-order valence-electron chi connectivity index (χ1n) is 7.55. The Morgan fingerprint density at radius 1 is 1.26 bits per heavy atom. The van der Waals surface area contributed by atoms with Crippen molar-refractivity contribution in [2.45, 2.75) is 6.54 Å². The van der Waals surface area contributed by atoms with Gasteiger partial charge in [-0.2, -0.15) is 0 Å². The molecule has 1 aromatic carbocycles. The topological polar surface area (TPSA) is 81.2 Å². The molecular weight excluding hydrogens is 296 g/mol. The van der Waals surface area contributed by atoms with Crippen LogP contribution in [0.3, 0.4) is 0 Å². The average Bonchev–Trinajstić information content (AvgIpc) is 2.85. The lowest BCUT2D eigenvalue weighted by Crippen LogP contribution is -2.45. The quantitative estimate of drug-likeness (QED) is 0.754. The van der Waals surface area contributed by atoms with E-state index < -0.39 is 0 Å². The molecule has 2 aromatic heterocycles. The van der Waals surface area contributed by atoms with E-state index in [2.05, 4.69) is 15.3 Å². The number of aromatic amines is 1. The molecule has 0 unspecified atom stereocenters. The van der Waals surface area contributed by atoms with Gasteiger partial charge in [-0.25, -0.2) is 4.79 Å². The van der Waals surface area contributed by atoms with Gasteiger partial charge in [0.25, 0.3) is 0 Å². The molecule has 0 spiro atoms. The number of hydrogen-bond acceptors (Lipinski definition) is 5. The number of nitrogens with zero attached hydrogens (tertiary/aromatic N) is 2. The Hall–Kier alpha value is -2.54. The molecule has 0 radical (unpaired) electrons. The molecular formula is C16H18N4O3. The van der Waals surface area contributed by atoms with Crippen molar-refractivity contribution in [1.82, 2.24) is 19.9 Å². The third-order valence-electron chi connectivity index (χ3n) is 4.41. The van der Waals surface area contributed by atoms with Crippen LogP contribution >= 0.6 is 0 Å². The maximum absolute atomic E-state index is 12.3. The highest BCUT2D eigenvalue weighted by atomic mass is 16.5. The number of aromatic nitrogens is 3. The van der Waals surface area contributed by atoms with Crippen LogP contribution < -0.4 is 20.5 Å². The van der Waals surface area contributed by atoms with Gasteiger partial charge in [0.05, 0.1) is 37.0 Å². The standard InChI is InChI=1S/C16H18N4O3/c1-22-13-3-10-11(4-14(13)23-2)18-7-12-15(10)20(16(21)19-12)8-9-5-17-6-9/h3-4,7,9,17H,5-6,8H2,1-2H3,(H,19,21). The summed E-state index contributed by atoms with van der Waals surface area (Å²) in [5.74, 6) is 1.73. The minimum Gasteiger partial charge on any atom is -0.493 e. The highest BCUT2D eigenvalue weighted by molar-refractivity contribution is 6.03. The van der Waals surface area contributed by atoms with E-state index in [1.165, 1.54) is 0 Å². The Kier molecular flexibility index (Phi) is 3.23. The Morgan fingerprint density at radius 3 is 2.65 bits per heavy atom. The van der Waals surface area contributed by atoms with Crippen LogP contribution in [0.1, 0.15) is 0 Å². The number of methoxy groups -OCH3 is 2. The van der Waals surface area contributed by atoms with E-state index >= 15 is 0 Å². The normalized spacial score (nSPS) is 15.0. The average molecular weight is 314 g/mol. The van der Waals surface area contributed by atoms with E-state index in [1.54, 1.807) is 25.0 Å². The fraction of sp³-hybridized carbons (Fsp3) is 0.375. The molecule has 1 fully saturated rings. The monoisotopic (exact) mass is 314 g/mol. The molecule has 0 atom stereocenters. The molecule has 1 aliphatic heterocycles. The summed E-state index contributed by atoms with van der Waals surface area (Å²) in [6.07, 6.45) is 1.69. The predicted molar refractivity (Wildman–Crippen MR) is 87.3 cm³/mol. The second-order valence-electron chi connectivity index (χ2n) is 5.81. The maximum Gasteiger partial charge on any atom is 0.326 e. The summed E-state index contributed by atoms with van der Waals surface area (Å²) in [4.78, 5) is 19.7. The fourth-order valence-electron chi connectivity index (χ4n) is 3.08. The molecule has 23 heavy (non-hydrogen) atoms. The van der Waals surface area contributed by atoms with Crippen molar-refractivity contribution in [3.63, 3.8) is 0 Å². The molecule has 0 bridgehead atoms. The van der Waals surface area contributed by atoms with Gasteiger partial charge in [0.1, 0.15) is 0 Å². The van der Waals surface area contributed by atoms with Gasteiger partial charge < -0.3 is 19.8 Å². The third-order valence-corrected chi connectivity index (χ3v) is 4.41. The second kappa shape index (κ2) is 5.27. The van der Waals surface area contributed by atoms with Crippen molar-refractivity contribution in [3.8, 4) is 11.5 Å². The van der Waals surface area contributed by atoms with Gasteiger partial charge in [-0.05, 0) is 6.07 Å². The fourth-order valence-corrected chi connectivity index (χ4v) is 3.08. The number of ether oxygens (including phenoxy) is 2. The minimum absolute atomic E-state index is 0.101. The highest BCUT2D eigenvalue weighted by Crippen LogP contribution is 2.34. The molecule has 0 saturated carbocycles. The van der Waals surface area contributed by atoms with Crippen molar-refractivity contribution in [1.29, 1.82) is 0 Å². The largest absolute Gasteiger partial charge is 0.493 e. The number of imidazole rings is 1. The van der Waals surface area contributed by atoms with E-state index in [0.717, 1.165) is 35.0 Å². The Bertz CT molecular complexity index is 940. The molecule has 4 rings (SSSR count). The van der Waals surface area contributed by atoms with E-state index in [9.17, 15) is 4.79 Å². The number of benzene rings is 1. The Morgan fingerprint density at radius 2 is 2.00 bits per heavy atom. The van der Waals surface area contributed by atoms with Crippen LogP contribution in [0, 0.1) is 5.92 Å². The smallest absolute Gasteiger partial charge is 0.326 e. The number of pyridine rings is 1. The molecule has 1 aliphatic rings. The molecule has 120 valence electrons. The van der Waals surface area contributed by atoms with Crippen LogP contribution in [0.15, 0.2) is 23.1 Å². The van der Waals surface area contributed by atoms with E-state index in [-0.39, 0.29) is 5.69 Å². The second-order valence-corrected chi connectivity index (χ2v) is 5.81. The Labute approximate surface area is 132 Å². The van der Waals surface area contributed by atoms with Gasteiger partial charge in [0.2, 0.25) is 0 Å². The minimum atomic E-state index is -0.101. The van der Waals surface area contributed by atoms with Crippen LogP contribution in [-0.4, -0.2) is 41.8 Å². The summed E-state index contributed by atoms with van der Waals surface area (Å²) in [6.45, 7) is 2.58. The molecule has 0 aliphatic carbocycles. The van der Waals surface area contributed by atoms with Gasteiger partial charge >= 0.3 is 5.69 Å². The Balaban J connectivity index is 1.99. The first-order valence-corrected chi connectivity index (χ1v) is 7.55. The molecule has 3 heterocycles. The summed E-state index contributed by atoms with van der Waals surface area (Å²) in [5.41, 5.74) is 2.28. The summed E-state index contributed by atoms with van der Waals surface area (Å²) in [7, 11) is 3.19. The van der Waals surface area contributed by atoms with Crippen molar-refractivity contribution >= 4 is 21.9 Å². The lowest BCUT2D eigenvalue weighted by atomic mass is 10.0. The zero-order valence-corrected chi connectivity index (χ0v) is 13.0. The molecule has 7 nitrogen and oxygen atoms in total. The zero-order chi connectivity index (χ0) is 16.0. The van der Waals surface area contributed by atoms with Crippen molar-refractivity contribution in [2.75, 3.05) is 27.3 Å². The first-order chi connectivity index (χ1) is 11.2. The van der Waals surface area contributed by atoms with Crippen LogP contribution in [-0.2, 0) is 6.54 Å². The van der Waals surface area contributed by atoms with Gasteiger partial charge in [0.15, 0.2) is 11.5 Å². The number of hydrogen-bond donors (Lipinski definition) is 2. The maximum atomic E-state index is 12.3. The first kappa shape index (κ1) is 14.1. The van der Waals surface area contributed by atoms with E-state index in [0.29, 0.717) is 24.0 Å². The van der Waals surface area contributed by atoms with Crippen LogP contribution in [0.25, 0.3) is 21.9 Å². The zero-order valence-electron chi connectivity index (χ0n) is 13.0. The molecule has 3 aromatic rings. The lowest BCUT2D eigenvalue weighted by molar-refractivity contribution is 0.307. The molecule has 1 saturated heterocycles. The molecule has 7 heteroatoms. The predicted octanol–water partition coefficient (Wildman–Crippen LogP) is 1.11. The highest BCUT2D eigenvalue weighted by Gasteiger charge is 2.21. The van der Waals surface area contributed by atoms with Gasteiger partial charge in [-0.1, -0.05) is 0 Å². The summed E-state index contributed by atoms with van der Waals surface area (Å²) < 4.78 is 12.5. The summed E-state index contributed by atoms with van der Waals surface area (Å²) in [5, 5.41) is 4.12. The van der Waals surface area contributed by atoms with Crippen LogP contribution in [0.4, 0.5) is 0 Å². The number of fused-ring (bicyclic) bond motifs is 3. The van der Waals surface area contributed by atoms with E-state index in [4.69, 9.17) is 9.47 Å². The third kappa shape index (κ3) is 2.16. The molecule has 0 amide bonds. The van der Waals surface area contributed by atoms with Crippen molar-refractivity contribution in [2.24, 2.45) is 5.92 Å². The van der Waals surface area contributed by atoms with E-state index in [1.807, 2.05) is 12.1 Å². The van der Waals surface area contributed by atoms with Crippen molar-refractivity contribution in [3.05, 3.63) is 28.8 Å². The SMILES string of the molecule is COc1cc2ncc3[nH]c(=O)n(CC4CNC4)c3c2cc1OC. The number of H-pyrrole nitrogens is 1. The van der Waals surface area contributed by atoms with Crippen molar-refractivity contribution < 1.29 is 9.47 Å². The molecule has 2 N–H and O–H groups in total. The number of nitrogens with one attached hydrogen (secondary N) is 2. The summed E-state index contributed by atoms with van der Waals surface area (Å²) in [6, 6.07) is 3.71.